The van der Waals surface area contributed by atoms with E-state index in [4.69, 9.17) is 14.2 Å². The van der Waals surface area contributed by atoms with Crippen LogP contribution >= 0.6 is 0 Å². The molecule has 0 bridgehead atoms. The van der Waals surface area contributed by atoms with Crippen LogP contribution in [0.1, 0.15) is 32.3 Å². The van der Waals surface area contributed by atoms with Gasteiger partial charge in [-0.1, -0.05) is 30.3 Å². The van der Waals surface area contributed by atoms with Crippen molar-refractivity contribution in [3.8, 4) is 0 Å². The van der Waals surface area contributed by atoms with E-state index in [9.17, 15) is 14.4 Å². The molecule has 1 heterocycles. The fraction of sp³-hybridized carbons (Fsp3) is 0.471. The number of likely N-dealkylation sites (tertiary alicyclic amines) is 1. The number of ether oxygens (including phenoxy) is 3. The SMILES string of the molecule is CC(=O)O[C@@H]1CCCN(C(=O)OCc2ccccc2)[C@H]1OC(C)=O. The molecule has 1 fully saturated rings. The van der Waals surface area contributed by atoms with E-state index in [1.807, 2.05) is 30.3 Å². The standard InChI is InChI=1S/C17H21NO6/c1-12(19)23-15-9-6-10-18(16(15)24-13(2)20)17(21)22-11-14-7-4-3-5-8-14/h3-5,7-8,15-16H,6,9-11H2,1-2H3/t15-,16+/m1/s1. The number of benzene rings is 1. The van der Waals surface area contributed by atoms with Gasteiger partial charge in [-0.2, -0.15) is 0 Å². The van der Waals surface area contributed by atoms with Gasteiger partial charge >= 0.3 is 18.0 Å². The smallest absolute Gasteiger partial charge is 0.413 e. The summed E-state index contributed by atoms with van der Waals surface area (Å²) in [5.74, 6) is -1.04. The number of rotatable bonds is 4. The first-order valence-electron chi connectivity index (χ1n) is 7.79. The average molecular weight is 335 g/mol. The van der Waals surface area contributed by atoms with Crippen molar-refractivity contribution in [2.24, 2.45) is 0 Å². The van der Waals surface area contributed by atoms with Crippen molar-refractivity contribution in [2.45, 2.75) is 45.6 Å². The second kappa shape index (κ2) is 8.33. The molecule has 1 aliphatic rings. The van der Waals surface area contributed by atoms with Gasteiger partial charge in [0, 0.05) is 20.4 Å². The maximum Gasteiger partial charge on any atom is 0.413 e. The fourth-order valence-electron chi connectivity index (χ4n) is 2.57. The zero-order chi connectivity index (χ0) is 17.5. The topological polar surface area (TPSA) is 82.1 Å². The summed E-state index contributed by atoms with van der Waals surface area (Å²) >= 11 is 0. The minimum absolute atomic E-state index is 0.112. The van der Waals surface area contributed by atoms with Crippen LogP contribution in [0.15, 0.2) is 30.3 Å². The molecule has 0 N–H and O–H groups in total. The average Bonchev–Trinajstić information content (AvgIpc) is 2.54. The molecule has 7 heteroatoms. The van der Waals surface area contributed by atoms with E-state index in [0.29, 0.717) is 19.4 Å². The lowest BCUT2D eigenvalue weighted by molar-refractivity contribution is -0.185. The number of piperidine rings is 1. The summed E-state index contributed by atoms with van der Waals surface area (Å²) in [7, 11) is 0. The molecule has 0 unspecified atom stereocenters. The van der Waals surface area contributed by atoms with Crippen molar-refractivity contribution in [1.29, 1.82) is 0 Å². The molecule has 7 nitrogen and oxygen atoms in total. The maximum atomic E-state index is 12.4. The predicted octanol–water partition coefficient (Wildman–Crippen LogP) is 2.24. The number of esters is 2. The van der Waals surface area contributed by atoms with E-state index in [2.05, 4.69) is 0 Å². The Kier molecular flexibility index (Phi) is 6.17. The third-order valence-corrected chi connectivity index (χ3v) is 3.56. The predicted molar refractivity (Wildman–Crippen MR) is 83.7 cm³/mol. The normalized spacial score (nSPS) is 20.2. The lowest BCUT2D eigenvalue weighted by Crippen LogP contribution is -2.54. The van der Waals surface area contributed by atoms with Gasteiger partial charge in [-0.05, 0) is 18.4 Å². The highest BCUT2D eigenvalue weighted by Crippen LogP contribution is 2.23. The molecule has 2 atom stereocenters. The summed E-state index contributed by atoms with van der Waals surface area (Å²) < 4.78 is 15.7. The second-order valence-corrected chi connectivity index (χ2v) is 5.52. The Hall–Kier alpha value is -2.57. The third kappa shape index (κ3) is 4.97. The molecule has 1 aromatic carbocycles. The van der Waals surface area contributed by atoms with Crippen LogP contribution in [0.3, 0.4) is 0 Å². The highest BCUT2D eigenvalue weighted by Gasteiger charge is 2.39. The molecule has 0 aromatic heterocycles. The van der Waals surface area contributed by atoms with E-state index < -0.39 is 30.4 Å². The van der Waals surface area contributed by atoms with E-state index in [1.165, 1.54) is 18.7 Å². The first-order valence-corrected chi connectivity index (χ1v) is 7.79. The Morgan fingerprint density at radius 1 is 1.08 bits per heavy atom. The van der Waals surface area contributed by atoms with Gasteiger partial charge < -0.3 is 14.2 Å². The van der Waals surface area contributed by atoms with Crippen molar-refractivity contribution in [1.82, 2.24) is 4.90 Å². The van der Waals surface area contributed by atoms with Crippen LogP contribution in [-0.4, -0.2) is 41.8 Å². The summed E-state index contributed by atoms with van der Waals surface area (Å²) in [5, 5.41) is 0. The Morgan fingerprint density at radius 3 is 2.38 bits per heavy atom. The van der Waals surface area contributed by atoms with E-state index in [1.54, 1.807) is 0 Å². The van der Waals surface area contributed by atoms with Crippen LogP contribution in [0.5, 0.6) is 0 Å². The molecule has 0 saturated carbocycles. The van der Waals surface area contributed by atoms with Gasteiger partial charge in [0.05, 0.1) is 0 Å². The van der Waals surface area contributed by atoms with Crippen LogP contribution in [-0.2, 0) is 30.4 Å². The molecule has 2 rings (SSSR count). The second-order valence-electron chi connectivity index (χ2n) is 5.52. The van der Waals surface area contributed by atoms with Gasteiger partial charge in [-0.25, -0.2) is 4.79 Å². The van der Waals surface area contributed by atoms with Crippen LogP contribution in [0.2, 0.25) is 0 Å². The van der Waals surface area contributed by atoms with Crippen LogP contribution in [0, 0.1) is 0 Å². The summed E-state index contributed by atoms with van der Waals surface area (Å²) in [6.45, 7) is 2.99. The van der Waals surface area contributed by atoms with Crippen LogP contribution < -0.4 is 0 Å². The quantitative estimate of drug-likeness (QED) is 0.620. The fourth-order valence-corrected chi connectivity index (χ4v) is 2.57. The number of carbonyl (C=O) groups is 3. The molecule has 1 saturated heterocycles. The first-order chi connectivity index (χ1) is 11.5. The van der Waals surface area contributed by atoms with Gasteiger partial charge in [0.15, 0.2) is 6.10 Å². The number of hydrogen-bond acceptors (Lipinski definition) is 6. The summed E-state index contributed by atoms with van der Waals surface area (Å²) in [6.07, 6.45) is -1.13. The Bertz CT molecular complexity index is 588. The summed E-state index contributed by atoms with van der Waals surface area (Å²) in [5.41, 5.74) is 0.850. The number of hydrogen-bond donors (Lipinski definition) is 0. The highest BCUT2D eigenvalue weighted by molar-refractivity contribution is 5.70. The largest absolute Gasteiger partial charge is 0.456 e. The number of carbonyl (C=O) groups excluding carboxylic acids is 3. The lowest BCUT2D eigenvalue weighted by atomic mass is 10.1. The third-order valence-electron chi connectivity index (χ3n) is 3.56. The number of nitrogens with zero attached hydrogens (tertiary/aromatic N) is 1. The van der Waals surface area contributed by atoms with Crippen molar-refractivity contribution >= 4 is 18.0 Å². The van der Waals surface area contributed by atoms with Gasteiger partial charge in [0.25, 0.3) is 0 Å². The van der Waals surface area contributed by atoms with Crippen LogP contribution in [0.4, 0.5) is 4.79 Å². The van der Waals surface area contributed by atoms with E-state index in [0.717, 1.165) is 5.56 Å². The Morgan fingerprint density at radius 2 is 1.75 bits per heavy atom. The molecule has 1 amide bonds. The zero-order valence-corrected chi connectivity index (χ0v) is 13.8. The van der Waals surface area contributed by atoms with E-state index >= 15 is 0 Å². The van der Waals surface area contributed by atoms with Gasteiger partial charge in [0.2, 0.25) is 6.23 Å². The molecule has 1 aliphatic heterocycles. The van der Waals surface area contributed by atoms with Crippen LogP contribution in [0.25, 0.3) is 0 Å². The molecule has 0 aliphatic carbocycles. The maximum absolute atomic E-state index is 12.4. The van der Waals surface area contributed by atoms with Crippen molar-refractivity contribution < 1.29 is 28.6 Å². The Balaban J connectivity index is 2.04. The van der Waals surface area contributed by atoms with Gasteiger partial charge in [0.1, 0.15) is 6.61 Å². The monoisotopic (exact) mass is 335 g/mol. The first kappa shape index (κ1) is 17.8. The minimum atomic E-state index is -0.969. The summed E-state index contributed by atoms with van der Waals surface area (Å²) in [4.78, 5) is 36.2. The van der Waals surface area contributed by atoms with E-state index in [-0.39, 0.29) is 6.61 Å². The van der Waals surface area contributed by atoms with Gasteiger partial charge in [-0.15, -0.1) is 0 Å². The minimum Gasteiger partial charge on any atom is -0.456 e. The molecule has 1 aromatic rings. The highest BCUT2D eigenvalue weighted by atomic mass is 16.6. The van der Waals surface area contributed by atoms with Crippen molar-refractivity contribution in [2.75, 3.05) is 6.54 Å². The molecule has 130 valence electrons. The zero-order valence-electron chi connectivity index (χ0n) is 13.8. The van der Waals surface area contributed by atoms with Crippen molar-refractivity contribution in [3.63, 3.8) is 0 Å². The number of amides is 1. The molecule has 0 radical (unpaired) electrons. The Labute approximate surface area is 140 Å². The summed E-state index contributed by atoms with van der Waals surface area (Å²) in [6, 6.07) is 9.25. The van der Waals surface area contributed by atoms with Crippen molar-refractivity contribution in [3.05, 3.63) is 35.9 Å². The molecular weight excluding hydrogens is 314 g/mol. The van der Waals surface area contributed by atoms with Gasteiger partial charge in [-0.3, -0.25) is 14.5 Å². The molecule has 0 spiro atoms. The lowest BCUT2D eigenvalue weighted by Gasteiger charge is -2.38. The molecular formula is C17H21NO6. The molecule has 24 heavy (non-hydrogen) atoms.